The van der Waals surface area contributed by atoms with Crippen LogP contribution in [-0.4, -0.2) is 53.9 Å². The summed E-state index contributed by atoms with van der Waals surface area (Å²) >= 11 is 0. The third kappa shape index (κ3) is 2.65. The molecular weight excluding hydrogens is 270 g/mol. The summed E-state index contributed by atoms with van der Waals surface area (Å²) in [7, 11) is 0. The molecule has 0 aromatic heterocycles. The number of carbonyl (C=O) groups is 1. The van der Waals surface area contributed by atoms with Gasteiger partial charge in [0, 0.05) is 18.9 Å². The van der Waals surface area contributed by atoms with E-state index in [1.807, 2.05) is 0 Å². The van der Waals surface area contributed by atoms with Crippen molar-refractivity contribution < 1.29 is 49.4 Å². The topological polar surface area (TPSA) is 37.3 Å². The molecular formula is C5HF9LiO2. The van der Waals surface area contributed by atoms with Crippen LogP contribution in [0, 0.1) is 0 Å². The monoisotopic (exact) mass is 271 g/mol. The first-order valence-electron chi connectivity index (χ1n) is 3.13. The third-order valence-electron chi connectivity index (χ3n) is 1.41. The summed E-state index contributed by atoms with van der Waals surface area (Å²) in [6, 6.07) is 0. The number of alkyl halides is 9. The molecule has 17 heavy (non-hydrogen) atoms. The van der Waals surface area contributed by atoms with Crippen LogP contribution in [0.5, 0.6) is 0 Å². The van der Waals surface area contributed by atoms with Gasteiger partial charge in [0.15, 0.2) is 0 Å². The molecule has 0 bridgehead atoms. The summed E-state index contributed by atoms with van der Waals surface area (Å²) in [5.41, 5.74) is 0. The van der Waals surface area contributed by atoms with Gasteiger partial charge in [-0.05, 0) is 0 Å². The van der Waals surface area contributed by atoms with E-state index in [1.165, 1.54) is 0 Å². The van der Waals surface area contributed by atoms with E-state index in [9.17, 15) is 44.3 Å². The average molecular weight is 271 g/mol. The molecule has 2 nitrogen and oxygen atoms in total. The second-order valence-electron chi connectivity index (χ2n) is 2.53. The predicted molar refractivity (Wildman–Crippen MR) is 34.3 cm³/mol. The summed E-state index contributed by atoms with van der Waals surface area (Å²) in [6.45, 7) is 0. The minimum absolute atomic E-state index is 0. The number of hydrogen-bond donors (Lipinski definition) is 1. The van der Waals surface area contributed by atoms with Crippen molar-refractivity contribution in [3.8, 4) is 0 Å². The molecule has 0 unspecified atom stereocenters. The standard InChI is InChI=1S/C5HF9O2.Li/c6-2(7,1(15)16)3(8,9)4(10,11)5(12,13)14;/h(H,15,16);. The van der Waals surface area contributed by atoms with Crippen molar-refractivity contribution in [1.29, 1.82) is 0 Å². The van der Waals surface area contributed by atoms with Crippen molar-refractivity contribution >= 4 is 24.8 Å². The van der Waals surface area contributed by atoms with E-state index in [0.29, 0.717) is 0 Å². The summed E-state index contributed by atoms with van der Waals surface area (Å²) in [5, 5.41) is 7.48. The number of hydrogen-bond acceptors (Lipinski definition) is 1. The third-order valence-corrected chi connectivity index (χ3v) is 1.41. The molecule has 0 atom stereocenters. The fraction of sp³-hybridized carbons (Fsp3) is 0.800. The first-order chi connectivity index (χ1) is 6.69. The molecule has 0 aliphatic carbocycles. The Morgan fingerprint density at radius 2 is 1.06 bits per heavy atom. The van der Waals surface area contributed by atoms with Crippen molar-refractivity contribution in [1.82, 2.24) is 0 Å². The molecule has 0 aromatic rings. The van der Waals surface area contributed by atoms with E-state index in [-0.39, 0.29) is 18.9 Å². The second-order valence-corrected chi connectivity index (χ2v) is 2.53. The molecule has 1 N–H and O–H groups in total. The van der Waals surface area contributed by atoms with E-state index < -0.39 is 29.9 Å². The normalized spacial score (nSPS) is 14.2. The van der Waals surface area contributed by atoms with Gasteiger partial charge in [-0.1, -0.05) is 0 Å². The van der Waals surface area contributed by atoms with E-state index in [1.54, 1.807) is 0 Å². The van der Waals surface area contributed by atoms with Crippen LogP contribution in [0.3, 0.4) is 0 Å². The van der Waals surface area contributed by atoms with Gasteiger partial charge in [-0.15, -0.1) is 0 Å². The maximum atomic E-state index is 12.1. The van der Waals surface area contributed by atoms with Crippen LogP contribution in [0.25, 0.3) is 0 Å². The summed E-state index contributed by atoms with van der Waals surface area (Å²) in [5.74, 6) is -24.6. The van der Waals surface area contributed by atoms with Gasteiger partial charge in [0.1, 0.15) is 0 Å². The molecule has 0 saturated carbocycles. The Kier molecular flexibility index (Phi) is 5.09. The Bertz CT molecular complexity index is 296. The number of carboxylic acid groups (broad SMARTS) is 1. The zero-order chi connectivity index (χ0) is 13.6. The molecule has 0 heterocycles. The van der Waals surface area contributed by atoms with Gasteiger partial charge in [-0.2, -0.15) is 39.5 Å². The molecule has 0 saturated heterocycles. The number of rotatable bonds is 3. The Hall–Kier alpha value is -0.563. The Morgan fingerprint density at radius 1 is 0.765 bits per heavy atom. The van der Waals surface area contributed by atoms with Crippen LogP contribution in [-0.2, 0) is 4.79 Å². The largest absolute Gasteiger partial charge is 0.477 e. The first-order valence-corrected chi connectivity index (χ1v) is 3.13. The summed E-state index contributed by atoms with van der Waals surface area (Å²) in [4.78, 5) is 9.51. The quantitative estimate of drug-likeness (QED) is 0.630. The molecule has 0 fully saturated rings. The van der Waals surface area contributed by atoms with Gasteiger partial charge >= 0.3 is 29.9 Å². The van der Waals surface area contributed by atoms with Gasteiger partial charge in [-0.25, -0.2) is 4.79 Å². The molecule has 12 heteroatoms. The van der Waals surface area contributed by atoms with Crippen LogP contribution >= 0.6 is 0 Å². The number of carboxylic acids is 1. The SMILES string of the molecule is O=C(O)C(F)(F)C(F)(F)C(F)(F)C(F)(F)F.[Li]. The second kappa shape index (κ2) is 4.60. The molecule has 1 radical (unpaired) electrons. The number of halogens is 9. The minimum atomic E-state index is -7.16. The van der Waals surface area contributed by atoms with E-state index in [4.69, 9.17) is 5.11 Å². The predicted octanol–water partition coefficient (Wildman–Crippen LogP) is 2.16. The molecule has 0 aliphatic heterocycles. The average Bonchev–Trinajstić information content (AvgIpc) is 2.00. The molecule has 0 aliphatic rings. The summed E-state index contributed by atoms with van der Waals surface area (Å²) < 4.78 is 106. The molecule has 0 amide bonds. The van der Waals surface area contributed by atoms with Crippen LogP contribution in [0.1, 0.15) is 0 Å². The van der Waals surface area contributed by atoms with Gasteiger partial charge < -0.3 is 5.11 Å². The molecule has 0 rings (SSSR count). The molecule has 0 spiro atoms. The van der Waals surface area contributed by atoms with Gasteiger partial charge in [-0.3, -0.25) is 0 Å². The smallest absolute Gasteiger partial charge is 0.460 e. The van der Waals surface area contributed by atoms with E-state index in [2.05, 4.69) is 0 Å². The summed E-state index contributed by atoms with van der Waals surface area (Å²) in [6.07, 6.45) is -7.00. The minimum Gasteiger partial charge on any atom is -0.477 e. The number of aliphatic carboxylic acids is 1. The van der Waals surface area contributed by atoms with Crippen LogP contribution in [0.15, 0.2) is 0 Å². The van der Waals surface area contributed by atoms with E-state index >= 15 is 0 Å². The molecule has 97 valence electrons. The van der Waals surface area contributed by atoms with Gasteiger partial charge in [0.2, 0.25) is 0 Å². The van der Waals surface area contributed by atoms with Crippen LogP contribution < -0.4 is 0 Å². The fourth-order valence-electron chi connectivity index (χ4n) is 0.509. The van der Waals surface area contributed by atoms with Crippen LogP contribution in [0.2, 0.25) is 0 Å². The van der Waals surface area contributed by atoms with Crippen LogP contribution in [0.4, 0.5) is 39.5 Å². The van der Waals surface area contributed by atoms with Crippen molar-refractivity contribution in [2.45, 2.75) is 23.9 Å². The van der Waals surface area contributed by atoms with Crippen molar-refractivity contribution in [2.24, 2.45) is 0 Å². The fourth-order valence-corrected chi connectivity index (χ4v) is 0.509. The van der Waals surface area contributed by atoms with Crippen molar-refractivity contribution in [2.75, 3.05) is 0 Å². The first kappa shape index (κ1) is 18.8. The van der Waals surface area contributed by atoms with Gasteiger partial charge in [0.25, 0.3) is 0 Å². The van der Waals surface area contributed by atoms with E-state index in [0.717, 1.165) is 0 Å². The zero-order valence-corrected chi connectivity index (χ0v) is 7.76. The maximum absolute atomic E-state index is 12.1. The Morgan fingerprint density at radius 3 is 1.24 bits per heavy atom. The Labute approximate surface area is 98.9 Å². The van der Waals surface area contributed by atoms with Gasteiger partial charge in [0.05, 0.1) is 0 Å². The van der Waals surface area contributed by atoms with Crippen molar-refractivity contribution in [3.05, 3.63) is 0 Å². The zero-order valence-electron chi connectivity index (χ0n) is 7.76. The van der Waals surface area contributed by atoms with Crippen molar-refractivity contribution in [3.63, 3.8) is 0 Å². The maximum Gasteiger partial charge on any atom is 0.460 e. The Balaban J connectivity index is 0. The molecule has 0 aromatic carbocycles.